The van der Waals surface area contributed by atoms with Gasteiger partial charge in [-0.15, -0.1) is 11.3 Å². The van der Waals surface area contributed by atoms with Crippen molar-refractivity contribution in [3.8, 4) is 0 Å². The maximum absolute atomic E-state index is 12.6. The van der Waals surface area contributed by atoms with Crippen molar-refractivity contribution in [3.05, 3.63) is 63.5 Å². The fourth-order valence-corrected chi connectivity index (χ4v) is 3.66. The first kappa shape index (κ1) is 21.3. The summed E-state index contributed by atoms with van der Waals surface area (Å²) in [6, 6.07) is 11.1. The van der Waals surface area contributed by atoms with Gasteiger partial charge in [0.2, 0.25) is 0 Å². The highest BCUT2D eigenvalue weighted by Crippen LogP contribution is 2.22. The molecule has 6 heteroatoms. The van der Waals surface area contributed by atoms with E-state index in [1.165, 1.54) is 11.3 Å². The zero-order chi connectivity index (χ0) is 19.9. The quantitative estimate of drug-likeness (QED) is 0.530. The normalized spacial score (nSPS) is 11.9. The van der Waals surface area contributed by atoms with Crippen LogP contribution >= 0.6 is 23.1 Å². The molecule has 0 aliphatic carbocycles. The second-order valence-electron chi connectivity index (χ2n) is 7.11. The van der Waals surface area contributed by atoms with Crippen molar-refractivity contribution in [2.45, 2.75) is 32.4 Å². The van der Waals surface area contributed by atoms with Crippen LogP contribution in [0.1, 0.15) is 41.6 Å². The van der Waals surface area contributed by atoms with E-state index in [-0.39, 0.29) is 22.3 Å². The molecule has 0 aliphatic heterocycles. The molecule has 0 saturated carbocycles. The molecule has 4 nitrogen and oxygen atoms in total. The smallest absolute Gasteiger partial charge is 0.267 e. The van der Waals surface area contributed by atoms with Crippen LogP contribution in [0.25, 0.3) is 6.08 Å². The molecule has 0 bridgehead atoms. The molecule has 0 spiro atoms. The number of hydrogen-bond acceptors (Lipinski definition) is 4. The van der Waals surface area contributed by atoms with Crippen LogP contribution in [0.4, 0.5) is 0 Å². The van der Waals surface area contributed by atoms with Crippen molar-refractivity contribution in [3.63, 3.8) is 0 Å². The van der Waals surface area contributed by atoms with Crippen LogP contribution in [-0.4, -0.2) is 28.9 Å². The molecule has 27 heavy (non-hydrogen) atoms. The number of amides is 2. The SMILES string of the molecule is Cc1ccc(C(=O)N/C(=C\c2cccs2)C(=O)NCCSC(C)(C)C)cc1. The molecule has 0 unspecified atom stereocenters. The fraction of sp³-hybridized carbons (Fsp3) is 0.333. The van der Waals surface area contributed by atoms with Crippen LogP contribution in [0.2, 0.25) is 0 Å². The van der Waals surface area contributed by atoms with Crippen molar-refractivity contribution in [1.29, 1.82) is 0 Å². The number of rotatable bonds is 7. The Morgan fingerprint density at radius 2 is 1.85 bits per heavy atom. The number of hydrogen-bond donors (Lipinski definition) is 2. The summed E-state index contributed by atoms with van der Waals surface area (Å²) < 4.78 is 0.153. The zero-order valence-corrected chi connectivity index (χ0v) is 17.8. The summed E-state index contributed by atoms with van der Waals surface area (Å²) >= 11 is 3.30. The molecule has 144 valence electrons. The first-order valence-corrected chi connectivity index (χ1v) is 10.7. The van der Waals surface area contributed by atoms with E-state index in [0.717, 1.165) is 16.2 Å². The largest absolute Gasteiger partial charge is 0.350 e. The van der Waals surface area contributed by atoms with E-state index in [2.05, 4.69) is 31.4 Å². The first-order chi connectivity index (χ1) is 12.7. The number of nitrogens with one attached hydrogen (secondary N) is 2. The lowest BCUT2D eigenvalue weighted by atomic mass is 10.1. The summed E-state index contributed by atoms with van der Waals surface area (Å²) in [6.45, 7) is 8.94. The van der Waals surface area contributed by atoms with Crippen LogP contribution in [0, 0.1) is 6.92 Å². The van der Waals surface area contributed by atoms with Crippen molar-refractivity contribution >= 4 is 41.0 Å². The predicted molar refractivity (Wildman–Crippen MR) is 116 cm³/mol. The number of thioether (sulfide) groups is 1. The van der Waals surface area contributed by atoms with Gasteiger partial charge in [0.25, 0.3) is 11.8 Å². The third kappa shape index (κ3) is 7.61. The Bertz CT molecular complexity index is 789. The molecule has 0 aliphatic rings. The summed E-state index contributed by atoms with van der Waals surface area (Å²) in [5.41, 5.74) is 1.85. The van der Waals surface area contributed by atoms with Crippen LogP contribution in [-0.2, 0) is 4.79 Å². The van der Waals surface area contributed by atoms with Gasteiger partial charge in [-0.2, -0.15) is 11.8 Å². The Morgan fingerprint density at radius 1 is 1.15 bits per heavy atom. The minimum Gasteiger partial charge on any atom is -0.350 e. The summed E-state index contributed by atoms with van der Waals surface area (Å²) in [4.78, 5) is 26.1. The minimum atomic E-state index is -0.294. The fourth-order valence-electron chi connectivity index (χ4n) is 2.19. The molecular formula is C21H26N2O2S2. The van der Waals surface area contributed by atoms with Gasteiger partial charge in [0.05, 0.1) is 0 Å². The zero-order valence-electron chi connectivity index (χ0n) is 16.2. The predicted octanol–water partition coefficient (Wildman–Crippen LogP) is 4.48. The van der Waals surface area contributed by atoms with E-state index in [1.807, 2.05) is 36.6 Å². The van der Waals surface area contributed by atoms with Crippen molar-refractivity contribution in [2.24, 2.45) is 0 Å². The Labute approximate surface area is 169 Å². The Hall–Kier alpha value is -2.05. The van der Waals surface area contributed by atoms with E-state index in [9.17, 15) is 9.59 Å². The lowest BCUT2D eigenvalue weighted by molar-refractivity contribution is -0.117. The maximum Gasteiger partial charge on any atom is 0.267 e. The second kappa shape index (κ2) is 9.76. The van der Waals surface area contributed by atoms with E-state index >= 15 is 0 Å². The van der Waals surface area contributed by atoms with E-state index < -0.39 is 0 Å². The topological polar surface area (TPSA) is 58.2 Å². The van der Waals surface area contributed by atoms with E-state index in [1.54, 1.807) is 30.0 Å². The molecule has 2 amide bonds. The molecule has 2 aromatic rings. The van der Waals surface area contributed by atoms with E-state index in [0.29, 0.717) is 12.1 Å². The molecule has 2 rings (SSSR count). The second-order valence-corrected chi connectivity index (χ2v) is 10.0. The van der Waals surface area contributed by atoms with Gasteiger partial charge >= 0.3 is 0 Å². The molecule has 1 heterocycles. The molecule has 0 radical (unpaired) electrons. The average molecular weight is 403 g/mol. The van der Waals surface area contributed by atoms with Gasteiger partial charge in [0, 0.05) is 27.5 Å². The Morgan fingerprint density at radius 3 is 2.44 bits per heavy atom. The Kier molecular flexibility index (Phi) is 7.68. The van der Waals surface area contributed by atoms with Crippen LogP contribution in [0.5, 0.6) is 0 Å². The Balaban J connectivity index is 2.06. The number of aryl methyl sites for hydroxylation is 1. The van der Waals surface area contributed by atoms with Crippen molar-refractivity contribution in [1.82, 2.24) is 10.6 Å². The first-order valence-electron chi connectivity index (χ1n) is 8.80. The van der Waals surface area contributed by atoms with Gasteiger partial charge in [-0.25, -0.2) is 0 Å². The third-order valence-corrected chi connectivity index (χ3v) is 5.65. The van der Waals surface area contributed by atoms with Crippen molar-refractivity contribution < 1.29 is 9.59 Å². The molecule has 2 N–H and O–H groups in total. The summed E-state index contributed by atoms with van der Waals surface area (Å²) in [7, 11) is 0. The van der Waals surface area contributed by atoms with Crippen molar-refractivity contribution in [2.75, 3.05) is 12.3 Å². The number of benzene rings is 1. The highest BCUT2D eigenvalue weighted by atomic mass is 32.2. The lowest BCUT2D eigenvalue weighted by Gasteiger charge is -2.17. The average Bonchev–Trinajstić information content (AvgIpc) is 3.10. The maximum atomic E-state index is 12.6. The molecule has 0 atom stereocenters. The summed E-state index contributed by atoms with van der Waals surface area (Å²) in [6.07, 6.45) is 1.71. The minimum absolute atomic E-state index is 0.153. The summed E-state index contributed by atoms with van der Waals surface area (Å²) in [5, 5.41) is 7.59. The van der Waals surface area contributed by atoms with Gasteiger partial charge in [-0.3, -0.25) is 9.59 Å². The van der Waals surface area contributed by atoms with Gasteiger partial charge < -0.3 is 10.6 Å². The van der Waals surface area contributed by atoms with Gasteiger partial charge in [0.1, 0.15) is 5.70 Å². The van der Waals surface area contributed by atoms with Crippen LogP contribution in [0.15, 0.2) is 47.5 Å². The van der Waals surface area contributed by atoms with Gasteiger partial charge in [-0.05, 0) is 36.6 Å². The molecule has 0 fully saturated rings. The molecular weight excluding hydrogens is 376 g/mol. The molecule has 1 aromatic carbocycles. The molecule has 1 aromatic heterocycles. The standard InChI is InChI=1S/C21H26N2O2S2/c1-15-7-9-16(10-8-15)19(24)23-18(14-17-6-5-12-26-17)20(25)22-11-13-27-21(2,3)4/h5-10,12,14H,11,13H2,1-4H3,(H,22,25)(H,23,24)/b18-14-. The van der Waals surface area contributed by atoms with E-state index in [4.69, 9.17) is 0 Å². The lowest BCUT2D eigenvalue weighted by Crippen LogP contribution is -2.36. The van der Waals surface area contributed by atoms with Crippen LogP contribution in [0.3, 0.4) is 0 Å². The summed E-state index contributed by atoms with van der Waals surface area (Å²) in [5.74, 6) is 0.239. The molecule has 0 saturated heterocycles. The third-order valence-electron chi connectivity index (χ3n) is 3.56. The van der Waals surface area contributed by atoms with Gasteiger partial charge in [0.15, 0.2) is 0 Å². The van der Waals surface area contributed by atoms with Gasteiger partial charge in [-0.1, -0.05) is 44.5 Å². The van der Waals surface area contributed by atoms with Crippen LogP contribution < -0.4 is 10.6 Å². The monoisotopic (exact) mass is 402 g/mol. The number of carbonyl (C=O) groups is 2. The number of carbonyl (C=O) groups excluding carboxylic acids is 2. The number of thiophene rings is 1. The highest BCUT2D eigenvalue weighted by Gasteiger charge is 2.15. The highest BCUT2D eigenvalue weighted by molar-refractivity contribution is 8.00.